The van der Waals surface area contributed by atoms with Crippen molar-refractivity contribution in [1.29, 1.82) is 0 Å². The van der Waals surface area contributed by atoms with Crippen LogP contribution in [0.5, 0.6) is 0 Å². The van der Waals surface area contributed by atoms with Crippen molar-refractivity contribution in [2.75, 3.05) is 6.54 Å². The first-order valence-corrected chi connectivity index (χ1v) is 7.38. The molecule has 1 aliphatic heterocycles. The van der Waals surface area contributed by atoms with Crippen molar-refractivity contribution < 1.29 is 9.53 Å². The molecule has 0 spiro atoms. The monoisotopic (exact) mass is 253 g/mol. The van der Waals surface area contributed by atoms with Gasteiger partial charge in [0, 0.05) is 12.6 Å². The molecule has 0 N–H and O–H groups in total. The third-order valence-corrected chi connectivity index (χ3v) is 4.37. The Balaban J connectivity index is 2.05. The zero-order valence-electron chi connectivity index (χ0n) is 12.2. The Labute approximate surface area is 111 Å². The number of carbonyl (C=O) groups is 1. The summed E-state index contributed by atoms with van der Waals surface area (Å²) in [6.07, 6.45) is 6.05. The van der Waals surface area contributed by atoms with E-state index < -0.39 is 0 Å². The van der Waals surface area contributed by atoms with E-state index in [-0.39, 0.29) is 11.7 Å². The van der Waals surface area contributed by atoms with Crippen LogP contribution in [0.25, 0.3) is 0 Å². The molecule has 1 heterocycles. The van der Waals surface area contributed by atoms with Crippen LogP contribution in [-0.4, -0.2) is 29.2 Å². The van der Waals surface area contributed by atoms with Crippen LogP contribution >= 0.6 is 0 Å². The van der Waals surface area contributed by atoms with E-state index in [1.807, 2.05) is 25.7 Å². The van der Waals surface area contributed by atoms with E-state index in [0.29, 0.717) is 12.0 Å². The SMILES string of the molecule is CC1CCN(C(=O)OC(C)(C)C)C2CCCCC12. The molecule has 0 aromatic rings. The molecule has 1 aliphatic carbocycles. The lowest BCUT2D eigenvalue weighted by atomic mass is 9.73. The number of carbonyl (C=O) groups excluding carboxylic acids is 1. The summed E-state index contributed by atoms with van der Waals surface area (Å²) < 4.78 is 5.55. The fourth-order valence-electron chi connectivity index (χ4n) is 3.46. The van der Waals surface area contributed by atoms with Gasteiger partial charge < -0.3 is 9.64 Å². The number of hydrogen-bond acceptors (Lipinski definition) is 2. The fraction of sp³-hybridized carbons (Fsp3) is 0.933. The first-order chi connectivity index (χ1) is 8.38. The first kappa shape index (κ1) is 13.7. The number of amides is 1. The minimum absolute atomic E-state index is 0.105. The second kappa shape index (κ2) is 5.10. The molecule has 0 aromatic carbocycles. The highest BCUT2D eigenvalue weighted by atomic mass is 16.6. The highest BCUT2D eigenvalue weighted by Crippen LogP contribution is 2.39. The Morgan fingerprint density at radius 3 is 2.50 bits per heavy atom. The van der Waals surface area contributed by atoms with Gasteiger partial charge in [-0.3, -0.25) is 0 Å². The van der Waals surface area contributed by atoms with Crippen molar-refractivity contribution in [2.24, 2.45) is 11.8 Å². The average Bonchev–Trinajstić information content (AvgIpc) is 2.27. The zero-order valence-corrected chi connectivity index (χ0v) is 12.2. The van der Waals surface area contributed by atoms with Crippen LogP contribution in [0, 0.1) is 11.8 Å². The molecule has 104 valence electrons. The third kappa shape index (κ3) is 2.99. The Kier molecular flexibility index (Phi) is 3.88. The van der Waals surface area contributed by atoms with E-state index in [9.17, 15) is 4.79 Å². The predicted molar refractivity (Wildman–Crippen MR) is 72.5 cm³/mol. The maximum atomic E-state index is 12.3. The van der Waals surface area contributed by atoms with Crippen molar-refractivity contribution in [3.63, 3.8) is 0 Å². The van der Waals surface area contributed by atoms with Gasteiger partial charge in [0.15, 0.2) is 0 Å². The highest BCUT2D eigenvalue weighted by Gasteiger charge is 2.40. The lowest BCUT2D eigenvalue weighted by Gasteiger charge is -2.47. The molecule has 1 saturated carbocycles. The van der Waals surface area contributed by atoms with E-state index >= 15 is 0 Å². The summed E-state index contributed by atoms with van der Waals surface area (Å²) >= 11 is 0. The number of nitrogens with zero attached hydrogens (tertiary/aromatic N) is 1. The van der Waals surface area contributed by atoms with Crippen molar-refractivity contribution in [3.05, 3.63) is 0 Å². The molecule has 0 aromatic heterocycles. The van der Waals surface area contributed by atoms with E-state index in [4.69, 9.17) is 4.74 Å². The number of likely N-dealkylation sites (tertiary alicyclic amines) is 1. The highest BCUT2D eigenvalue weighted by molar-refractivity contribution is 5.68. The molecular formula is C15H27NO2. The minimum Gasteiger partial charge on any atom is -0.444 e. The summed E-state index contributed by atoms with van der Waals surface area (Å²) in [5.41, 5.74) is -0.385. The quantitative estimate of drug-likeness (QED) is 0.656. The second-order valence-corrected chi connectivity index (χ2v) is 6.96. The molecule has 1 amide bonds. The van der Waals surface area contributed by atoms with Crippen molar-refractivity contribution in [2.45, 2.75) is 71.4 Å². The standard InChI is InChI=1S/C15H27NO2/c1-11-9-10-16(14(17)18-15(2,3)4)13-8-6-5-7-12(11)13/h11-13H,5-10H2,1-4H3. The molecule has 3 unspecified atom stereocenters. The van der Waals surface area contributed by atoms with Crippen LogP contribution in [0.1, 0.15) is 59.8 Å². The topological polar surface area (TPSA) is 29.5 Å². The summed E-state index contributed by atoms with van der Waals surface area (Å²) in [5.74, 6) is 1.45. The first-order valence-electron chi connectivity index (χ1n) is 7.38. The van der Waals surface area contributed by atoms with E-state index in [1.54, 1.807) is 0 Å². The molecule has 1 saturated heterocycles. The van der Waals surface area contributed by atoms with E-state index in [2.05, 4.69) is 6.92 Å². The van der Waals surface area contributed by atoms with Gasteiger partial charge in [0.2, 0.25) is 0 Å². The molecule has 3 atom stereocenters. The van der Waals surface area contributed by atoms with E-state index in [1.165, 1.54) is 19.3 Å². The number of piperidine rings is 1. The molecule has 0 radical (unpaired) electrons. The summed E-state index contributed by atoms with van der Waals surface area (Å²) in [6, 6.07) is 0.428. The zero-order chi connectivity index (χ0) is 13.3. The number of hydrogen-bond donors (Lipinski definition) is 0. The van der Waals surface area contributed by atoms with Crippen LogP contribution in [0.15, 0.2) is 0 Å². The van der Waals surface area contributed by atoms with Crippen molar-refractivity contribution in [1.82, 2.24) is 4.90 Å². The molecule has 3 heteroatoms. The maximum absolute atomic E-state index is 12.3. The minimum atomic E-state index is -0.385. The van der Waals surface area contributed by atoms with Gasteiger partial charge in [0.25, 0.3) is 0 Å². The lowest BCUT2D eigenvalue weighted by molar-refractivity contribution is -0.0187. The van der Waals surface area contributed by atoms with Gasteiger partial charge in [0.05, 0.1) is 0 Å². The van der Waals surface area contributed by atoms with Crippen molar-refractivity contribution in [3.8, 4) is 0 Å². The average molecular weight is 253 g/mol. The molecule has 0 bridgehead atoms. The van der Waals surface area contributed by atoms with Gasteiger partial charge in [-0.2, -0.15) is 0 Å². The Hall–Kier alpha value is -0.730. The fourth-order valence-corrected chi connectivity index (χ4v) is 3.46. The van der Waals surface area contributed by atoms with Gasteiger partial charge >= 0.3 is 6.09 Å². The Morgan fingerprint density at radius 1 is 1.17 bits per heavy atom. The van der Waals surface area contributed by atoms with Crippen LogP contribution in [0.2, 0.25) is 0 Å². The van der Waals surface area contributed by atoms with Gasteiger partial charge in [-0.05, 0) is 51.9 Å². The third-order valence-electron chi connectivity index (χ3n) is 4.37. The largest absolute Gasteiger partial charge is 0.444 e. The molecular weight excluding hydrogens is 226 g/mol. The molecule has 2 fully saturated rings. The van der Waals surface area contributed by atoms with Gasteiger partial charge in [0.1, 0.15) is 5.60 Å². The van der Waals surface area contributed by atoms with Gasteiger partial charge in [-0.1, -0.05) is 19.8 Å². The second-order valence-electron chi connectivity index (χ2n) is 6.96. The van der Waals surface area contributed by atoms with Gasteiger partial charge in [-0.25, -0.2) is 4.79 Å². The summed E-state index contributed by atoms with van der Waals surface area (Å²) in [5, 5.41) is 0. The van der Waals surface area contributed by atoms with Crippen LogP contribution in [0.3, 0.4) is 0 Å². The number of ether oxygens (including phenoxy) is 1. The number of fused-ring (bicyclic) bond motifs is 1. The maximum Gasteiger partial charge on any atom is 0.410 e. The number of rotatable bonds is 0. The molecule has 2 rings (SSSR count). The van der Waals surface area contributed by atoms with Crippen LogP contribution in [0.4, 0.5) is 4.79 Å². The molecule has 18 heavy (non-hydrogen) atoms. The normalized spacial score (nSPS) is 32.9. The molecule has 3 nitrogen and oxygen atoms in total. The van der Waals surface area contributed by atoms with Crippen LogP contribution in [-0.2, 0) is 4.74 Å². The van der Waals surface area contributed by atoms with Crippen molar-refractivity contribution >= 4 is 6.09 Å². The Morgan fingerprint density at radius 2 is 1.83 bits per heavy atom. The lowest BCUT2D eigenvalue weighted by Crippen LogP contribution is -2.53. The summed E-state index contributed by atoms with van der Waals surface area (Å²) in [4.78, 5) is 14.3. The van der Waals surface area contributed by atoms with E-state index in [0.717, 1.165) is 25.3 Å². The van der Waals surface area contributed by atoms with Gasteiger partial charge in [-0.15, -0.1) is 0 Å². The summed E-state index contributed by atoms with van der Waals surface area (Å²) in [6.45, 7) is 9.04. The molecule has 2 aliphatic rings. The summed E-state index contributed by atoms with van der Waals surface area (Å²) in [7, 11) is 0. The predicted octanol–water partition coefficient (Wildman–Crippen LogP) is 3.82. The Bertz CT molecular complexity index is 308. The smallest absolute Gasteiger partial charge is 0.410 e. The van der Waals surface area contributed by atoms with Crippen LogP contribution < -0.4 is 0 Å².